The summed E-state index contributed by atoms with van der Waals surface area (Å²) in [5.41, 5.74) is 1.59. The van der Waals surface area contributed by atoms with Crippen molar-refractivity contribution in [3.05, 3.63) is 124 Å². The molecule has 194 valence electrons. The minimum absolute atomic E-state index is 0.00465. The maximum absolute atomic E-state index is 13.7. The van der Waals surface area contributed by atoms with E-state index in [0.29, 0.717) is 11.3 Å². The predicted molar refractivity (Wildman–Crippen MR) is 146 cm³/mol. The van der Waals surface area contributed by atoms with Crippen molar-refractivity contribution in [3.8, 4) is 11.5 Å². The van der Waals surface area contributed by atoms with E-state index in [9.17, 15) is 24.3 Å². The van der Waals surface area contributed by atoms with Gasteiger partial charge in [0.15, 0.2) is 17.3 Å². The number of ether oxygens (including phenoxy) is 1. The SMILES string of the molecule is CC(C)(C)c1ccc(Oc2c(NC(=O)c3ccccc3C(=O)O)ccc3c2C(=O)c2ccccc2C3=O)cc1. The van der Waals surface area contributed by atoms with Gasteiger partial charge in [-0.15, -0.1) is 0 Å². The predicted octanol–water partition coefficient (Wildman–Crippen LogP) is 6.50. The van der Waals surface area contributed by atoms with E-state index in [-0.39, 0.29) is 50.5 Å². The first-order chi connectivity index (χ1) is 18.6. The molecule has 0 fully saturated rings. The normalized spacial score (nSPS) is 12.4. The van der Waals surface area contributed by atoms with Crippen molar-refractivity contribution in [1.82, 2.24) is 0 Å². The second-order valence-corrected chi connectivity index (χ2v) is 10.2. The molecule has 0 aliphatic heterocycles. The molecule has 1 aliphatic rings. The van der Waals surface area contributed by atoms with Crippen LogP contribution in [0.2, 0.25) is 0 Å². The van der Waals surface area contributed by atoms with Crippen LogP contribution in [0, 0.1) is 0 Å². The first-order valence-corrected chi connectivity index (χ1v) is 12.3. The molecule has 1 aliphatic carbocycles. The summed E-state index contributed by atoms with van der Waals surface area (Å²) in [5, 5.41) is 12.2. The van der Waals surface area contributed by atoms with Crippen molar-refractivity contribution in [2.24, 2.45) is 0 Å². The highest BCUT2D eigenvalue weighted by Gasteiger charge is 2.34. The number of anilines is 1. The third-order valence-electron chi connectivity index (χ3n) is 6.64. The summed E-state index contributed by atoms with van der Waals surface area (Å²) in [6.45, 7) is 6.25. The van der Waals surface area contributed by atoms with E-state index in [1.54, 1.807) is 42.5 Å². The minimum Gasteiger partial charge on any atom is -0.478 e. The molecule has 0 saturated heterocycles. The lowest BCUT2D eigenvalue weighted by atomic mass is 9.83. The Morgan fingerprint density at radius 1 is 0.718 bits per heavy atom. The molecule has 0 aromatic heterocycles. The number of hydrogen-bond acceptors (Lipinski definition) is 5. The number of carboxylic acid groups (broad SMARTS) is 1. The van der Waals surface area contributed by atoms with Gasteiger partial charge in [0.2, 0.25) is 0 Å². The second kappa shape index (κ2) is 9.68. The van der Waals surface area contributed by atoms with Crippen LogP contribution in [0.25, 0.3) is 0 Å². The maximum atomic E-state index is 13.7. The van der Waals surface area contributed by atoms with Crippen LogP contribution in [0.4, 0.5) is 5.69 Å². The number of rotatable bonds is 5. The largest absolute Gasteiger partial charge is 0.478 e. The molecule has 0 radical (unpaired) electrons. The third kappa shape index (κ3) is 4.70. The average molecular weight is 520 g/mol. The Labute approximate surface area is 225 Å². The van der Waals surface area contributed by atoms with E-state index in [4.69, 9.17) is 4.74 Å². The van der Waals surface area contributed by atoms with Crippen molar-refractivity contribution in [1.29, 1.82) is 0 Å². The molecule has 0 saturated carbocycles. The van der Waals surface area contributed by atoms with Gasteiger partial charge in [0.1, 0.15) is 5.75 Å². The number of benzene rings is 4. The van der Waals surface area contributed by atoms with Crippen molar-refractivity contribution in [3.63, 3.8) is 0 Å². The Kier molecular flexibility index (Phi) is 6.36. The molecule has 0 heterocycles. The third-order valence-corrected chi connectivity index (χ3v) is 6.64. The zero-order chi connectivity index (χ0) is 27.9. The molecule has 0 bridgehead atoms. The number of hydrogen-bond donors (Lipinski definition) is 2. The fourth-order valence-corrected chi connectivity index (χ4v) is 4.56. The number of ketones is 2. The summed E-state index contributed by atoms with van der Waals surface area (Å²) in [6, 6.07) is 22.7. The molecule has 4 aromatic rings. The Balaban J connectivity index is 1.63. The monoisotopic (exact) mass is 519 g/mol. The quantitative estimate of drug-likeness (QED) is 0.274. The summed E-state index contributed by atoms with van der Waals surface area (Å²) in [7, 11) is 0. The topological polar surface area (TPSA) is 110 Å². The van der Waals surface area contributed by atoms with Gasteiger partial charge in [-0.1, -0.05) is 69.3 Å². The van der Waals surface area contributed by atoms with Crippen LogP contribution in [0.1, 0.15) is 78.9 Å². The van der Waals surface area contributed by atoms with E-state index in [2.05, 4.69) is 26.1 Å². The Hall–Kier alpha value is -5.04. The van der Waals surface area contributed by atoms with Gasteiger partial charge < -0.3 is 15.2 Å². The molecule has 4 aromatic carbocycles. The summed E-state index contributed by atoms with van der Waals surface area (Å²) in [5.74, 6) is -2.29. The zero-order valence-corrected chi connectivity index (χ0v) is 21.6. The molecule has 1 amide bonds. The lowest BCUT2D eigenvalue weighted by molar-refractivity contribution is 0.0692. The molecule has 0 spiro atoms. The minimum atomic E-state index is -1.25. The van der Waals surface area contributed by atoms with E-state index >= 15 is 0 Å². The number of amides is 1. The number of carbonyl (C=O) groups excluding carboxylic acids is 3. The zero-order valence-electron chi connectivity index (χ0n) is 21.6. The first-order valence-electron chi connectivity index (χ1n) is 12.3. The van der Waals surface area contributed by atoms with E-state index in [0.717, 1.165) is 5.56 Å². The van der Waals surface area contributed by atoms with Gasteiger partial charge in [-0.3, -0.25) is 14.4 Å². The Morgan fingerprint density at radius 3 is 1.92 bits per heavy atom. The molecule has 39 heavy (non-hydrogen) atoms. The van der Waals surface area contributed by atoms with Gasteiger partial charge in [0.25, 0.3) is 5.91 Å². The van der Waals surface area contributed by atoms with Gasteiger partial charge in [0.05, 0.1) is 22.4 Å². The van der Waals surface area contributed by atoms with Crippen molar-refractivity contribution < 1.29 is 29.0 Å². The smallest absolute Gasteiger partial charge is 0.336 e. The van der Waals surface area contributed by atoms with Gasteiger partial charge in [-0.2, -0.15) is 0 Å². The Bertz CT molecular complexity index is 1660. The van der Waals surface area contributed by atoms with Crippen LogP contribution >= 0.6 is 0 Å². The van der Waals surface area contributed by atoms with Crippen LogP contribution < -0.4 is 10.1 Å². The lowest BCUT2D eigenvalue weighted by Crippen LogP contribution is -2.23. The number of aromatic carboxylic acids is 1. The molecule has 2 N–H and O–H groups in total. The van der Waals surface area contributed by atoms with Gasteiger partial charge in [-0.25, -0.2) is 4.79 Å². The number of carboxylic acids is 1. The fourth-order valence-electron chi connectivity index (χ4n) is 4.56. The molecule has 0 unspecified atom stereocenters. The summed E-state index contributed by atoms with van der Waals surface area (Å²) >= 11 is 0. The molecule has 0 atom stereocenters. The van der Waals surface area contributed by atoms with Crippen molar-refractivity contribution in [2.45, 2.75) is 26.2 Å². The number of carbonyl (C=O) groups is 4. The molecule has 7 nitrogen and oxygen atoms in total. The first kappa shape index (κ1) is 25.6. The summed E-state index contributed by atoms with van der Waals surface area (Å²) in [6.07, 6.45) is 0. The molecular weight excluding hydrogens is 494 g/mol. The molecular formula is C32H25NO6. The van der Waals surface area contributed by atoms with E-state index in [1.807, 2.05) is 12.1 Å². The van der Waals surface area contributed by atoms with Crippen LogP contribution in [0.15, 0.2) is 84.9 Å². The van der Waals surface area contributed by atoms with Crippen LogP contribution in [0.3, 0.4) is 0 Å². The van der Waals surface area contributed by atoms with Gasteiger partial charge in [0, 0.05) is 16.7 Å². The standard InChI is InChI=1S/C32H25NO6/c1-32(2,3)18-12-14-19(15-13-18)39-29-25(33-30(36)22-10-6-7-11-23(22)31(37)38)17-16-24-26(29)28(35)21-9-5-4-8-20(21)27(24)34/h4-17H,1-3H3,(H,33,36)(H,37,38). The summed E-state index contributed by atoms with van der Waals surface area (Å²) in [4.78, 5) is 51.9. The van der Waals surface area contributed by atoms with Gasteiger partial charge >= 0.3 is 5.97 Å². The number of fused-ring (bicyclic) bond motifs is 2. The fraction of sp³-hybridized carbons (Fsp3) is 0.125. The van der Waals surface area contributed by atoms with E-state index < -0.39 is 17.7 Å². The summed E-state index contributed by atoms with van der Waals surface area (Å²) < 4.78 is 6.22. The molecule has 7 heteroatoms. The van der Waals surface area contributed by atoms with Crippen LogP contribution in [-0.4, -0.2) is 28.5 Å². The van der Waals surface area contributed by atoms with Crippen molar-refractivity contribution in [2.75, 3.05) is 5.32 Å². The lowest BCUT2D eigenvalue weighted by Gasteiger charge is -2.23. The highest BCUT2D eigenvalue weighted by molar-refractivity contribution is 6.30. The van der Waals surface area contributed by atoms with Crippen LogP contribution in [-0.2, 0) is 5.41 Å². The Morgan fingerprint density at radius 2 is 1.31 bits per heavy atom. The van der Waals surface area contributed by atoms with Gasteiger partial charge in [-0.05, 0) is 47.4 Å². The highest BCUT2D eigenvalue weighted by atomic mass is 16.5. The van der Waals surface area contributed by atoms with Crippen molar-refractivity contribution >= 4 is 29.1 Å². The average Bonchev–Trinajstić information content (AvgIpc) is 2.92. The number of nitrogens with one attached hydrogen (secondary N) is 1. The maximum Gasteiger partial charge on any atom is 0.336 e. The highest BCUT2D eigenvalue weighted by Crippen LogP contribution is 2.41. The van der Waals surface area contributed by atoms with E-state index in [1.165, 1.54) is 30.3 Å². The second-order valence-electron chi connectivity index (χ2n) is 10.2. The molecule has 5 rings (SSSR count). The van der Waals surface area contributed by atoms with Crippen LogP contribution in [0.5, 0.6) is 11.5 Å².